The summed E-state index contributed by atoms with van der Waals surface area (Å²) >= 11 is 0. The van der Waals surface area contributed by atoms with Crippen molar-refractivity contribution >= 4 is 5.97 Å². The SMILES string of the molecule is CN[C@@H](C(=O)ONN(C)C)C(C)c1ccccc1. The standard InChI is InChI=1S/C13H21N3O2/c1-10(11-8-6-5-7-9-11)12(14-2)13(17)18-15-16(3)4/h5-10,12,14-15H,1-4H3/t10?,12-/m1/s1. The van der Waals surface area contributed by atoms with Gasteiger partial charge in [0.05, 0.1) is 0 Å². The number of benzene rings is 1. The number of nitrogens with zero attached hydrogens (tertiary/aromatic N) is 1. The summed E-state index contributed by atoms with van der Waals surface area (Å²) in [6.07, 6.45) is 0. The lowest BCUT2D eigenvalue weighted by Gasteiger charge is -2.23. The maximum absolute atomic E-state index is 11.9. The number of nitrogens with one attached hydrogen (secondary N) is 2. The highest BCUT2D eigenvalue weighted by Gasteiger charge is 2.26. The Kier molecular flexibility index (Phi) is 5.77. The van der Waals surface area contributed by atoms with E-state index in [1.165, 1.54) is 0 Å². The molecule has 1 aromatic carbocycles. The molecule has 18 heavy (non-hydrogen) atoms. The molecule has 0 radical (unpaired) electrons. The van der Waals surface area contributed by atoms with E-state index >= 15 is 0 Å². The fraction of sp³-hybridized carbons (Fsp3) is 0.462. The molecular formula is C13H21N3O2. The second-order valence-corrected chi connectivity index (χ2v) is 4.37. The van der Waals surface area contributed by atoms with Crippen molar-refractivity contribution in [2.75, 3.05) is 21.1 Å². The summed E-state index contributed by atoms with van der Waals surface area (Å²) in [5, 5.41) is 4.56. The number of likely N-dealkylation sites (N-methyl/N-ethyl adjacent to an activating group) is 1. The molecule has 0 heterocycles. The van der Waals surface area contributed by atoms with Crippen LogP contribution in [0.2, 0.25) is 0 Å². The van der Waals surface area contributed by atoms with Crippen LogP contribution in [0.3, 0.4) is 0 Å². The van der Waals surface area contributed by atoms with Gasteiger partial charge in [0.15, 0.2) is 0 Å². The fourth-order valence-electron chi connectivity index (χ4n) is 1.72. The van der Waals surface area contributed by atoms with Gasteiger partial charge in [-0.25, -0.2) is 9.80 Å². The van der Waals surface area contributed by atoms with Crippen molar-refractivity contribution < 1.29 is 9.63 Å². The Labute approximate surface area is 108 Å². The molecule has 0 aliphatic heterocycles. The monoisotopic (exact) mass is 251 g/mol. The molecule has 0 saturated heterocycles. The molecule has 0 aliphatic rings. The number of hydrogen-bond donors (Lipinski definition) is 2. The van der Waals surface area contributed by atoms with Gasteiger partial charge in [-0.2, -0.15) is 0 Å². The first-order valence-corrected chi connectivity index (χ1v) is 5.92. The number of rotatable bonds is 6. The molecule has 1 aromatic rings. The summed E-state index contributed by atoms with van der Waals surface area (Å²) in [6.45, 7) is 1.99. The number of hydrogen-bond acceptors (Lipinski definition) is 5. The zero-order valence-electron chi connectivity index (χ0n) is 11.3. The van der Waals surface area contributed by atoms with Crippen LogP contribution < -0.4 is 10.9 Å². The fourth-order valence-corrected chi connectivity index (χ4v) is 1.72. The van der Waals surface area contributed by atoms with Crippen molar-refractivity contribution in [3.63, 3.8) is 0 Å². The van der Waals surface area contributed by atoms with Crippen molar-refractivity contribution in [1.29, 1.82) is 0 Å². The summed E-state index contributed by atoms with van der Waals surface area (Å²) in [4.78, 5) is 16.9. The van der Waals surface area contributed by atoms with Gasteiger partial charge in [0, 0.05) is 20.0 Å². The highest BCUT2D eigenvalue weighted by Crippen LogP contribution is 2.19. The Balaban J connectivity index is 2.68. The first-order chi connectivity index (χ1) is 8.56. The van der Waals surface area contributed by atoms with Crippen molar-refractivity contribution in [1.82, 2.24) is 15.9 Å². The number of carbonyl (C=O) groups excluding carboxylic acids is 1. The molecule has 0 bridgehead atoms. The predicted octanol–water partition coefficient (Wildman–Crippen LogP) is 0.902. The van der Waals surface area contributed by atoms with Crippen LogP contribution in [0.25, 0.3) is 0 Å². The smallest absolute Gasteiger partial charge is 0.343 e. The van der Waals surface area contributed by atoms with E-state index in [4.69, 9.17) is 4.84 Å². The number of carbonyl (C=O) groups is 1. The lowest BCUT2D eigenvalue weighted by molar-refractivity contribution is -0.165. The quantitative estimate of drug-likeness (QED) is 0.736. The van der Waals surface area contributed by atoms with E-state index in [0.717, 1.165) is 5.56 Å². The summed E-state index contributed by atoms with van der Waals surface area (Å²) in [7, 11) is 5.26. The van der Waals surface area contributed by atoms with Crippen LogP contribution in [0.15, 0.2) is 30.3 Å². The molecule has 0 aliphatic carbocycles. The van der Waals surface area contributed by atoms with Gasteiger partial charge in [0.25, 0.3) is 0 Å². The summed E-state index contributed by atoms with van der Waals surface area (Å²) in [6, 6.07) is 9.49. The molecule has 2 N–H and O–H groups in total. The molecule has 5 heteroatoms. The highest BCUT2D eigenvalue weighted by atomic mass is 16.7. The molecule has 0 aromatic heterocycles. The first kappa shape index (κ1) is 14.6. The normalized spacial score (nSPS) is 14.3. The Morgan fingerprint density at radius 1 is 1.28 bits per heavy atom. The lowest BCUT2D eigenvalue weighted by atomic mass is 9.93. The van der Waals surface area contributed by atoms with Crippen LogP contribution in [0.1, 0.15) is 18.4 Å². The van der Waals surface area contributed by atoms with E-state index in [2.05, 4.69) is 10.9 Å². The largest absolute Gasteiger partial charge is 0.354 e. The zero-order chi connectivity index (χ0) is 13.5. The second kappa shape index (κ2) is 7.10. The molecule has 5 nitrogen and oxygen atoms in total. The van der Waals surface area contributed by atoms with E-state index in [0.29, 0.717) is 0 Å². The number of hydrazine groups is 1. The zero-order valence-corrected chi connectivity index (χ0v) is 11.3. The maximum atomic E-state index is 11.9. The molecule has 100 valence electrons. The van der Waals surface area contributed by atoms with Gasteiger partial charge in [-0.1, -0.05) is 42.8 Å². The third kappa shape index (κ3) is 4.10. The van der Waals surface area contributed by atoms with Crippen molar-refractivity contribution in [3.05, 3.63) is 35.9 Å². The van der Waals surface area contributed by atoms with Gasteiger partial charge < -0.3 is 10.2 Å². The molecule has 0 spiro atoms. The average Bonchev–Trinajstić information content (AvgIpc) is 2.38. The van der Waals surface area contributed by atoms with E-state index in [9.17, 15) is 4.79 Å². The van der Waals surface area contributed by atoms with Crippen molar-refractivity contribution in [3.8, 4) is 0 Å². The Hall–Kier alpha value is -1.43. The first-order valence-electron chi connectivity index (χ1n) is 5.92. The topological polar surface area (TPSA) is 53.6 Å². The van der Waals surface area contributed by atoms with Crippen LogP contribution in [-0.4, -0.2) is 38.2 Å². The molecule has 1 unspecified atom stereocenters. The van der Waals surface area contributed by atoms with Gasteiger partial charge in [-0.3, -0.25) is 0 Å². The van der Waals surface area contributed by atoms with Gasteiger partial charge in [0.1, 0.15) is 6.04 Å². The Morgan fingerprint density at radius 2 is 1.89 bits per heavy atom. The van der Waals surface area contributed by atoms with Gasteiger partial charge in [-0.05, 0) is 12.6 Å². The van der Waals surface area contributed by atoms with E-state index in [1.54, 1.807) is 26.2 Å². The van der Waals surface area contributed by atoms with E-state index in [1.807, 2.05) is 37.3 Å². The van der Waals surface area contributed by atoms with E-state index < -0.39 is 0 Å². The Morgan fingerprint density at radius 3 is 2.39 bits per heavy atom. The third-order valence-electron chi connectivity index (χ3n) is 2.72. The Bertz CT molecular complexity index is 368. The molecule has 2 atom stereocenters. The summed E-state index contributed by atoms with van der Waals surface area (Å²) in [5.74, 6) is -0.296. The van der Waals surface area contributed by atoms with Crippen molar-refractivity contribution in [2.45, 2.75) is 18.9 Å². The van der Waals surface area contributed by atoms with Gasteiger partial charge in [0.2, 0.25) is 0 Å². The minimum absolute atomic E-state index is 0.0349. The lowest BCUT2D eigenvalue weighted by Crippen LogP contribution is -2.44. The van der Waals surface area contributed by atoms with Crippen LogP contribution >= 0.6 is 0 Å². The van der Waals surface area contributed by atoms with Crippen molar-refractivity contribution in [2.24, 2.45) is 0 Å². The summed E-state index contributed by atoms with van der Waals surface area (Å²) in [5.41, 5.74) is 3.61. The maximum Gasteiger partial charge on any atom is 0.343 e. The molecular weight excluding hydrogens is 230 g/mol. The van der Waals surface area contributed by atoms with Crippen LogP contribution in [0.5, 0.6) is 0 Å². The highest BCUT2D eigenvalue weighted by molar-refractivity contribution is 5.76. The average molecular weight is 251 g/mol. The van der Waals surface area contributed by atoms with Crippen LogP contribution in [-0.2, 0) is 9.63 Å². The second-order valence-electron chi connectivity index (χ2n) is 4.37. The molecule has 0 fully saturated rings. The van der Waals surface area contributed by atoms with Crippen LogP contribution in [0.4, 0.5) is 0 Å². The molecule has 0 saturated carbocycles. The van der Waals surface area contributed by atoms with E-state index in [-0.39, 0.29) is 17.9 Å². The molecule has 0 amide bonds. The van der Waals surface area contributed by atoms with Gasteiger partial charge in [-0.15, -0.1) is 0 Å². The third-order valence-corrected chi connectivity index (χ3v) is 2.72. The minimum atomic E-state index is -0.389. The summed E-state index contributed by atoms with van der Waals surface area (Å²) < 4.78 is 0. The van der Waals surface area contributed by atoms with Gasteiger partial charge >= 0.3 is 5.97 Å². The minimum Gasteiger partial charge on any atom is -0.354 e. The predicted molar refractivity (Wildman–Crippen MR) is 70.6 cm³/mol. The molecule has 1 rings (SSSR count). The van der Waals surface area contributed by atoms with Crippen LogP contribution in [0, 0.1) is 0 Å².